The Morgan fingerprint density at radius 3 is 2.57 bits per heavy atom. The van der Waals surface area contributed by atoms with Crippen molar-refractivity contribution in [2.45, 2.75) is 25.4 Å². The fourth-order valence-electron chi connectivity index (χ4n) is 4.19. The topological polar surface area (TPSA) is 99.6 Å². The van der Waals surface area contributed by atoms with Gasteiger partial charge in [0, 0.05) is 28.9 Å². The Labute approximate surface area is 190 Å². The highest BCUT2D eigenvalue weighted by Gasteiger charge is 2.61. The van der Waals surface area contributed by atoms with Crippen LogP contribution < -0.4 is 5.32 Å². The molecule has 158 valence electrons. The van der Waals surface area contributed by atoms with E-state index in [1.54, 1.807) is 5.51 Å². The minimum Gasteiger partial charge on any atom is -0.480 e. The minimum absolute atomic E-state index is 0.163. The zero-order valence-electron chi connectivity index (χ0n) is 15.6. The molecular weight excluding hydrogens is 473 g/mol. The third-order valence-electron chi connectivity index (χ3n) is 5.60. The lowest BCUT2D eigenvalue weighted by Gasteiger charge is -2.22. The molecule has 0 radical (unpaired) electrons. The molecule has 2 saturated heterocycles. The molecule has 2 aromatic rings. The predicted molar refractivity (Wildman–Crippen MR) is 113 cm³/mol. The number of carbonyl (C=O) groups excluding carboxylic acids is 2. The van der Waals surface area contributed by atoms with Crippen LogP contribution in [0.4, 0.5) is 0 Å². The number of thiazole rings is 1. The molecule has 0 saturated carbocycles. The molecule has 2 amide bonds. The fourth-order valence-corrected chi connectivity index (χ4v) is 5.69. The Morgan fingerprint density at radius 1 is 1.23 bits per heavy atom. The standard InChI is InChI=1S/C19H16Cl3N3O4S/c1-7-11(30-6-23-7)2-3-25-17(26)12-13(18(25)27)16(19(28)29)24-15(12)9-4-8(20)5-10(21)14(9)22/h4-6,12-13,15-16,24H,2-3H2,1H3,(H,28,29). The van der Waals surface area contributed by atoms with E-state index in [9.17, 15) is 19.5 Å². The summed E-state index contributed by atoms with van der Waals surface area (Å²) in [4.78, 5) is 44.4. The molecule has 11 heteroatoms. The first kappa shape index (κ1) is 21.5. The normalized spacial score (nSPS) is 25.8. The molecule has 30 heavy (non-hydrogen) atoms. The maximum atomic E-state index is 13.2. The van der Waals surface area contributed by atoms with E-state index in [0.29, 0.717) is 17.0 Å². The fraction of sp³-hybridized carbons (Fsp3) is 0.368. The molecule has 0 bridgehead atoms. The Balaban J connectivity index is 1.68. The molecule has 4 atom stereocenters. The largest absolute Gasteiger partial charge is 0.480 e. The maximum absolute atomic E-state index is 13.2. The number of aromatic nitrogens is 1. The van der Waals surface area contributed by atoms with Gasteiger partial charge in [0.2, 0.25) is 11.8 Å². The first-order valence-electron chi connectivity index (χ1n) is 9.08. The van der Waals surface area contributed by atoms with Crippen molar-refractivity contribution in [2.75, 3.05) is 6.54 Å². The van der Waals surface area contributed by atoms with Crippen molar-refractivity contribution in [2.24, 2.45) is 11.8 Å². The Kier molecular flexibility index (Phi) is 5.80. The van der Waals surface area contributed by atoms with Gasteiger partial charge in [-0.2, -0.15) is 0 Å². The number of aryl methyl sites for hydroxylation is 1. The van der Waals surface area contributed by atoms with Crippen molar-refractivity contribution in [3.05, 3.63) is 48.8 Å². The quantitative estimate of drug-likeness (QED) is 0.495. The Morgan fingerprint density at radius 2 is 1.93 bits per heavy atom. The molecular formula is C19H16Cl3N3O4S. The van der Waals surface area contributed by atoms with Crippen LogP contribution in [0, 0.1) is 18.8 Å². The maximum Gasteiger partial charge on any atom is 0.321 e. The highest BCUT2D eigenvalue weighted by Crippen LogP contribution is 2.47. The SMILES string of the molecule is Cc1ncsc1CCN1C(=O)C2C(C(=O)O)NC(c3cc(Cl)cc(Cl)c3Cl)C2C1=O. The van der Waals surface area contributed by atoms with Gasteiger partial charge >= 0.3 is 5.97 Å². The lowest BCUT2D eigenvalue weighted by atomic mass is 9.86. The molecule has 2 fully saturated rings. The number of imide groups is 1. The van der Waals surface area contributed by atoms with Crippen molar-refractivity contribution >= 4 is 63.9 Å². The molecule has 4 rings (SSSR count). The van der Waals surface area contributed by atoms with Gasteiger partial charge in [-0.3, -0.25) is 24.6 Å². The number of aliphatic carboxylic acids is 1. The summed E-state index contributed by atoms with van der Waals surface area (Å²) in [6, 6.07) is 0.976. The van der Waals surface area contributed by atoms with Crippen molar-refractivity contribution in [1.29, 1.82) is 0 Å². The molecule has 4 unspecified atom stereocenters. The number of amides is 2. The number of nitrogens with zero attached hydrogens (tertiary/aromatic N) is 2. The second-order valence-electron chi connectivity index (χ2n) is 7.24. The summed E-state index contributed by atoms with van der Waals surface area (Å²) in [6.45, 7) is 2.02. The van der Waals surface area contributed by atoms with Crippen molar-refractivity contribution < 1.29 is 19.5 Å². The summed E-state index contributed by atoms with van der Waals surface area (Å²) >= 11 is 20.0. The number of rotatable bonds is 5. The molecule has 2 N–H and O–H groups in total. The van der Waals surface area contributed by atoms with E-state index in [-0.39, 0.29) is 16.6 Å². The zero-order valence-corrected chi connectivity index (χ0v) is 18.6. The summed E-state index contributed by atoms with van der Waals surface area (Å²) in [5.74, 6) is -4.08. The number of benzene rings is 1. The number of carboxylic acids is 1. The summed E-state index contributed by atoms with van der Waals surface area (Å²) in [5, 5.41) is 13.2. The molecule has 0 aliphatic carbocycles. The van der Waals surface area contributed by atoms with Crippen molar-refractivity contribution in [3.63, 3.8) is 0 Å². The number of hydrogen-bond acceptors (Lipinski definition) is 6. The Hall–Kier alpha value is -1.71. The Bertz CT molecular complexity index is 1060. The van der Waals surface area contributed by atoms with Crippen LogP contribution >= 0.6 is 46.1 Å². The second kappa shape index (κ2) is 8.09. The monoisotopic (exact) mass is 487 g/mol. The van der Waals surface area contributed by atoms with Crippen molar-refractivity contribution in [3.8, 4) is 0 Å². The summed E-state index contributed by atoms with van der Waals surface area (Å²) in [5.41, 5.74) is 2.95. The van der Waals surface area contributed by atoms with Gasteiger partial charge in [0.05, 0.1) is 33.1 Å². The number of halogens is 3. The smallest absolute Gasteiger partial charge is 0.321 e. The molecule has 0 spiro atoms. The third kappa shape index (κ3) is 3.50. The highest BCUT2D eigenvalue weighted by molar-refractivity contribution is 7.09. The van der Waals surface area contributed by atoms with E-state index in [2.05, 4.69) is 10.3 Å². The number of likely N-dealkylation sites (tertiary alicyclic amines) is 1. The summed E-state index contributed by atoms with van der Waals surface area (Å²) in [6.07, 6.45) is 0.465. The van der Waals surface area contributed by atoms with Gasteiger partial charge in [-0.15, -0.1) is 11.3 Å². The van der Waals surface area contributed by atoms with E-state index in [1.165, 1.54) is 23.5 Å². The second-order valence-corrected chi connectivity index (χ2v) is 9.40. The zero-order chi connectivity index (χ0) is 21.7. The number of carbonyl (C=O) groups is 3. The predicted octanol–water partition coefficient (Wildman–Crippen LogP) is 3.35. The van der Waals surface area contributed by atoms with Gasteiger partial charge < -0.3 is 5.11 Å². The summed E-state index contributed by atoms with van der Waals surface area (Å²) < 4.78 is 0. The third-order valence-corrected chi connectivity index (χ3v) is 7.63. The molecule has 3 heterocycles. The lowest BCUT2D eigenvalue weighted by Crippen LogP contribution is -2.43. The number of fused-ring (bicyclic) bond motifs is 1. The molecule has 2 aliphatic heterocycles. The number of hydrogen-bond donors (Lipinski definition) is 2. The van der Waals surface area contributed by atoms with Gasteiger partial charge in [0.15, 0.2) is 0 Å². The first-order valence-corrected chi connectivity index (χ1v) is 11.1. The van der Waals surface area contributed by atoms with Gasteiger partial charge in [-0.05, 0) is 24.6 Å². The average Bonchev–Trinajstić information content (AvgIpc) is 3.33. The van der Waals surface area contributed by atoms with Gasteiger partial charge in [0.1, 0.15) is 6.04 Å². The van der Waals surface area contributed by atoms with Crippen LogP contribution in [0.3, 0.4) is 0 Å². The van der Waals surface area contributed by atoms with Gasteiger partial charge in [-0.25, -0.2) is 4.98 Å². The van der Waals surface area contributed by atoms with Crippen LogP contribution in [0.5, 0.6) is 0 Å². The number of carboxylic acid groups (broad SMARTS) is 1. The van der Waals surface area contributed by atoms with Gasteiger partial charge in [0.25, 0.3) is 0 Å². The van der Waals surface area contributed by atoms with E-state index in [1.807, 2.05) is 6.92 Å². The van der Waals surface area contributed by atoms with Crippen LogP contribution in [0.15, 0.2) is 17.6 Å². The molecule has 1 aromatic carbocycles. The summed E-state index contributed by atoms with van der Waals surface area (Å²) in [7, 11) is 0. The van der Waals surface area contributed by atoms with Crippen LogP contribution in [-0.4, -0.2) is 45.4 Å². The van der Waals surface area contributed by atoms with E-state index < -0.39 is 41.7 Å². The van der Waals surface area contributed by atoms with Gasteiger partial charge in [-0.1, -0.05) is 34.8 Å². The molecule has 1 aromatic heterocycles. The van der Waals surface area contributed by atoms with Crippen LogP contribution in [0.2, 0.25) is 15.1 Å². The minimum atomic E-state index is -1.22. The van der Waals surface area contributed by atoms with Crippen LogP contribution in [0.25, 0.3) is 0 Å². The lowest BCUT2D eigenvalue weighted by molar-refractivity contribution is -0.146. The van der Waals surface area contributed by atoms with Crippen molar-refractivity contribution in [1.82, 2.24) is 15.2 Å². The molecule has 7 nitrogen and oxygen atoms in total. The first-order chi connectivity index (χ1) is 14.2. The average molecular weight is 489 g/mol. The van der Waals surface area contributed by atoms with Crippen LogP contribution in [-0.2, 0) is 20.8 Å². The highest BCUT2D eigenvalue weighted by atomic mass is 35.5. The number of nitrogens with one attached hydrogen (secondary N) is 1. The van der Waals surface area contributed by atoms with E-state index >= 15 is 0 Å². The van der Waals surface area contributed by atoms with Crippen LogP contribution in [0.1, 0.15) is 22.2 Å². The molecule has 2 aliphatic rings. The van der Waals surface area contributed by atoms with E-state index in [4.69, 9.17) is 34.8 Å². The van der Waals surface area contributed by atoms with E-state index in [0.717, 1.165) is 15.5 Å².